The molecule has 15 heteroatoms. The number of hydrogen-bond donors (Lipinski definition) is 5. The van der Waals surface area contributed by atoms with Gasteiger partial charge in [0, 0.05) is 13.0 Å². The maximum atomic E-state index is 13.9. The Bertz CT molecular complexity index is 1390. The smallest absolute Gasteiger partial charge is 0.408 e. The zero-order chi connectivity index (χ0) is 38.0. The topological polar surface area (TPSA) is 215 Å². The normalized spacial score (nSPS) is 18.0. The predicted octanol–water partition coefficient (Wildman–Crippen LogP) is 1.63. The number of alkyl carbamates (subject to hydrolysis) is 1. The van der Waals surface area contributed by atoms with E-state index in [4.69, 9.17) is 15.2 Å². The highest BCUT2D eigenvalue weighted by Crippen LogP contribution is 2.27. The minimum atomic E-state index is -1.27. The number of likely N-dealkylation sites (tertiary alicyclic amines) is 1. The summed E-state index contributed by atoms with van der Waals surface area (Å²) in [5.41, 5.74) is 4.48. The molecule has 6 N–H and O–H groups in total. The molecule has 6 amide bonds. The van der Waals surface area contributed by atoms with E-state index in [1.165, 1.54) is 4.90 Å². The molecule has 1 aromatic rings. The minimum absolute atomic E-state index is 0.0463. The van der Waals surface area contributed by atoms with Gasteiger partial charge in [0.05, 0.1) is 24.3 Å². The SMILES string of the molecule is CCCC(NC(=O)[C@@H]1C[C@@H](OC(C)(C)C)CN1C(=O)[C@@H](NC(=O)OC(C)(C)C)C(C)C)C(=O)C(=O)NCC(=O)N[C@H](C(N)=O)c1ccccc1. The molecule has 0 saturated carbocycles. The Morgan fingerprint density at radius 2 is 1.54 bits per heavy atom. The van der Waals surface area contributed by atoms with Gasteiger partial charge >= 0.3 is 6.09 Å². The van der Waals surface area contributed by atoms with Crippen LogP contribution in [0.3, 0.4) is 0 Å². The summed E-state index contributed by atoms with van der Waals surface area (Å²) in [6.45, 7) is 15.3. The molecule has 0 bridgehead atoms. The summed E-state index contributed by atoms with van der Waals surface area (Å²) in [4.78, 5) is 92.4. The maximum Gasteiger partial charge on any atom is 0.408 e. The Morgan fingerprint density at radius 1 is 0.920 bits per heavy atom. The van der Waals surface area contributed by atoms with E-state index in [0.29, 0.717) is 12.0 Å². The standard InChI is InChI=1S/C35H54N6O9/c1-10-14-23(28(43)31(46)37-18-25(42)39-27(29(36)44)21-15-12-11-13-16-21)38-30(45)24-17-22(49-34(4,5)6)19-41(24)32(47)26(20(2)3)40-33(48)50-35(7,8)9/h11-13,15-16,20,22-24,26-27H,10,14,17-19H2,1-9H3,(H2,36,44)(H,37,46)(H,38,45)(H,39,42)(H,40,48)/t22-,23?,24+,26+,27+/m1/s1. The minimum Gasteiger partial charge on any atom is -0.444 e. The average molecular weight is 703 g/mol. The van der Waals surface area contributed by atoms with Crippen molar-refractivity contribution in [1.82, 2.24) is 26.2 Å². The Kier molecular flexibility index (Phi) is 14.9. The number of nitrogens with zero attached hydrogens (tertiary/aromatic N) is 1. The fourth-order valence-electron chi connectivity index (χ4n) is 5.41. The van der Waals surface area contributed by atoms with E-state index in [1.807, 2.05) is 20.8 Å². The third-order valence-corrected chi connectivity index (χ3v) is 7.54. The fraction of sp³-hybridized carbons (Fsp3) is 0.629. The Hall–Kier alpha value is -4.53. The predicted molar refractivity (Wildman–Crippen MR) is 184 cm³/mol. The summed E-state index contributed by atoms with van der Waals surface area (Å²) in [5.74, 6) is -5.27. The van der Waals surface area contributed by atoms with Crippen molar-refractivity contribution in [2.45, 2.75) is 123 Å². The summed E-state index contributed by atoms with van der Waals surface area (Å²) in [6, 6.07) is 3.74. The molecule has 1 heterocycles. The van der Waals surface area contributed by atoms with Crippen LogP contribution in [0.25, 0.3) is 0 Å². The summed E-state index contributed by atoms with van der Waals surface area (Å²) in [7, 11) is 0. The van der Waals surface area contributed by atoms with E-state index in [-0.39, 0.29) is 25.3 Å². The van der Waals surface area contributed by atoms with E-state index in [1.54, 1.807) is 71.9 Å². The summed E-state index contributed by atoms with van der Waals surface area (Å²) < 4.78 is 11.5. The van der Waals surface area contributed by atoms with E-state index in [2.05, 4.69) is 21.3 Å². The largest absolute Gasteiger partial charge is 0.444 e. The second-order valence-corrected chi connectivity index (χ2v) is 14.7. The van der Waals surface area contributed by atoms with Crippen molar-refractivity contribution in [3.63, 3.8) is 0 Å². The zero-order valence-electron chi connectivity index (χ0n) is 30.6. The molecule has 2 rings (SSSR count). The molecule has 0 aromatic heterocycles. The van der Waals surface area contributed by atoms with Crippen LogP contribution in [-0.2, 0) is 38.2 Å². The van der Waals surface area contributed by atoms with Crippen LogP contribution >= 0.6 is 0 Å². The van der Waals surface area contributed by atoms with Crippen molar-refractivity contribution >= 4 is 41.4 Å². The highest BCUT2D eigenvalue weighted by atomic mass is 16.6. The van der Waals surface area contributed by atoms with Gasteiger partial charge < -0.3 is 41.4 Å². The van der Waals surface area contributed by atoms with Crippen LogP contribution in [0.1, 0.15) is 93.2 Å². The molecule has 1 aliphatic rings. The van der Waals surface area contributed by atoms with Gasteiger partial charge in [0.15, 0.2) is 0 Å². The molecule has 5 atom stereocenters. The summed E-state index contributed by atoms with van der Waals surface area (Å²) >= 11 is 0. The first-order valence-electron chi connectivity index (χ1n) is 16.9. The number of primary amides is 1. The Morgan fingerprint density at radius 3 is 2.06 bits per heavy atom. The highest BCUT2D eigenvalue weighted by Gasteiger charge is 2.45. The van der Waals surface area contributed by atoms with Gasteiger partial charge in [-0.1, -0.05) is 57.5 Å². The number of carbonyl (C=O) groups is 7. The van der Waals surface area contributed by atoms with Gasteiger partial charge in [0.1, 0.15) is 23.7 Å². The molecule has 15 nitrogen and oxygen atoms in total. The molecule has 1 aromatic carbocycles. The number of nitrogens with two attached hydrogens (primary N) is 1. The number of hydrogen-bond acceptors (Lipinski definition) is 9. The van der Waals surface area contributed by atoms with Crippen LogP contribution in [0.2, 0.25) is 0 Å². The Balaban J connectivity index is 2.20. The number of nitrogens with one attached hydrogen (secondary N) is 4. The first kappa shape index (κ1) is 41.6. The van der Waals surface area contributed by atoms with Crippen molar-refractivity contribution in [3.8, 4) is 0 Å². The number of amides is 6. The number of Topliss-reactive ketones (excluding diaryl/α,β-unsaturated/α-hetero) is 1. The summed E-state index contributed by atoms with van der Waals surface area (Å²) in [6.07, 6.45) is -0.704. The van der Waals surface area contributed by atoms with E-state index in [9.17, 15) is 33.6 Å². The van der Waals surface area contributed by atoms with Crippen LogP contribution in [0, 0.1) is 5.92 Å². The van der Waals surface area contributed by atoms with Crippen LogP contribution < -0.4 is 27.0 Å². The molecule has 0 spiro atoms. The van der Waals surface area contributed by atoms with Crippen LogP contribution in [0.15, 0.2) is 30.3 Å². The van der Waals surface area contributed by atoms with Crippen molar-refractivity contribution in [2.75, 3.05) is 13.1 Å². The van der Waals surface area contributed by atoms with Crippen molar-refractivity contribution < 1.29 is 43.0 Å². The van der Waals surface area contributed by atoms with Crippen LogP contribution in [-0.4, -0.2) is 94.8 Å². The van der Waals surface area contributed by atoms with Crippen molar-refractivity contribution in [2.24, 2.45) is 11.7 Å². The monoisotopic (exact) mass is 702 g/mol. The van der Waals surface area contributed by atoms with Gasteiger partial charge in [0.25, 0.3) is 5.91 Å². The first-order valence-corrected chi connectivity index (χ1v) is 16.9. The van der Waals surface area contributed by atoms with E-state index < -0.39 is 89.4 Å². The molecule has 1 aliphatic heterocycles. The molecule has 0 radical (unpaired) electrons. The van der Waals surface area contributed by atoms with Gasteiger partial charge in [0.2, 0.25) is 29.4 Å². The van der Waals surface area contributed by atoms with E-state index >= 15 is 0 Å². The number of ether oxygens (including phenoxy) is 2. The summed E-state index contributed by atoms with van der Waals surface area (Å²) in [5, 5.41) is 9.93. The molecular weight excluding hydrogens is 648 g/mol. The van der Waals surface area contributed by atoms with Gasteiger partial charge in [-0.05, 0) is 59.4 Å². The third-order valence-electron chi connectivity index (χ3n) is 7.54. The highest BCUT2D eigenvalue weighted by molar-refractivity contribution is 6.38. The average Bonchev–Trinajstić information content (AvgIpc) is 3.42. The van der Waals surface area contributed by atoms with Gasteiger partial charge in [-0.25, -0.2) is 4.79 Å². The number of benzene rings is 1. The molecule has 1 saturated heterocycles. The fourth-order valence-corrected chi connectivity index (χ4v) is 5.41. The lowest BCUT2D eigenvalue weighted by molar-refractivity contribution is -0.143. The second-order valence-electron chi connectivity index (χ2n) is 14.7. The quantitative estimate of drug-likeness (QED) is 0.168. The number of rotatable bonds is 15. The third kappa shape index (κ3) is 13.1. The molecule has 0 aliphatic carbocycles. The lowest BCUT2D eigenvalue weighted by atomic mass is 10.0. The second kappa shape index (κ2) is 17.9. The Labute approximate surface area is 294 Å². The van der Waals surface area contributed by atoms with Crippen LogP contribution in [0.4, 0.5) is 4.79 Å². The maximum absolute atomic E-state index is 13.9. The zero-order valence-corrected chi connectivity index (χ0v) is 30.6. The number of ketones is 1. The molecule has 278 valence electrons. The molecule has 1 unspecified atom stereocenters. The number of carbonyl (C=O) groups excluding carboxylic acids is 7. The lowest BCUT2D eigenvalue weighted by Gasteiger charge is -2.31. The van der Waals surface area contributed by atoms with Gasteiger partial charge in [-0.15, -0.1) is 0 Å². The van der Waals surface area contributed by atoms with Crippen molar-refractivity contribution in [1.29, 1.82) is 0 Å². The van der Waals surface area contributed by atoms with E-state index in [0.717, 1.165) is 0 Å². The molecule has 50 heavy (non-hydrogen) atoms. The van der Waals surface area contributed by atoms with Crippen LogP contribution in [0.5, 0.6) is 0 Å². The van der Waals surface area contributed by atoms with Gasteiger partial charge in [-0.3, -0.25) is 28.8 Å². The van der Waals surface area contributed by atoms with Crippen molar-refractivity contribution in [3.05, 3.63) is 35.9 Å². The molecular formula is C35H54N6O9. The van der Waals surface area contributed by atoms with Gasteiger partial charge in [-0.2, -0.15) is 0 Å². The molecule has 1 fully saturated rings. The lowest BCUT2D eigenvalue weighted by Crippen LogP contribution is -2.57. The first-order chi connectivity index (χ1) is 23.1.